The number of nitrogens with one attached hydrogen (secondary N) is 1. The van der Waals surface area contributed by atoms with Crippen LogP contribution in [0.4, 0.5) is 4.39 Å². The van der Waals surface area contributed by atoms with Crippen molar-refractivity contribution in [1.82, 2.24) is 24.9 Å². The number of H-pyrrole nitrogens is 1. The largest absolute Gasteiger partial charge is 0.483 e. The minimum atomic E-state index is -0.634. The van der Waals surface area contributed by atoms with Gasteiger partial charge in [0.15, 0.2) is 17.2 Å². The lowest BCUT2D eigenvalue weighted by molar-refractivity contribution is -0.00587. The quantitative estimate of drug-likeness (QED) is 0.646. The molecule has 2 aliphatic rings. The molecule has 9 heteroatoms. The highest BCUT2D eigenvalue weighted by Crippen LogP contribution is 2.40. The van der Waals surface area contributed by atoms with Gasteiger partial charge in [0.05, 0.1) is 35.3 Å². The Morgan fingerprint density at radius 1 is 1.26 bits per heavy atom. The topological polar surface area (TPSA) is 93.1 Å². The van der Waals surface area contributed by atoms with Gasteiger partial charge < -0.3 is 9.64 Å². The molecular formula is C22H24FN5O3. The summed E-state index contributed by atoms with van der Waals surface area (Å²) in [6, 6.07) is 2.87. The van der Waals surface area contributed by atoms with Gasteiger partial charge in [0.1, 0.15) is 11.4 Å². The van der Waals surface area contributed by atoms with Crippen LogP contribution in [0.5, 0.6) is 5.75 Å². The van der Waals surface area contributed by atoms with Crippen LogP contribution in [0, 0.1) is 5.82 Å². The molecule has 1 fully saturated rings. The third kappa shape index (κ3) is 3.28. The number of hydrogen-bond acceptors (Lipinski definition) is 5. The van der Waals surface area contributed by atoms with E-state index in [1.807, 2.05) is 20.8 Å². The zero-order valence-corrected chi connectivity index (χ0v) is 17.7. The molecule has 1 amide bonds. The smallest absolute Gasteiger partial charge is 0.254 e. The highest BCUT2D eigenvalue weighted by molar-refractivity contribution is 5.99. The Morgan fingerprint density at radius 2 is 2.00 bits per heavy atom. The summed E-state index contributed by atoms with van der Waals surface area (Å²) >= 11 is 0. The first-order valence-electron chi connectivity index (χ1n) is 10.4. The van der Waals surface area contributed by atoms with Gasteiger partial charge in [0, 0.05) is 31.5 Å². The number of carbonyl (C=O) groups excluding carboxylic acids is 2. The lowest BCUT2D eigenvalue weighted by Gasteiger charge is -2.43. The Balaban J connectivity index is 1.33. The Labute approximate surface area is 178 Å². The molecule has 1 spiro atoms. The van der Waals surface area contributed by atoms with Crippen molar-refractivity contribution in [1.29, 1.82) is 0 Å². The lowest BCUT2D eigenvalue weighted by Crippen LogP contribution is -2.52. The van der Waals surface area contributed by atoms with Crippen molar-refractivity contribution in [3.63, 3.8) is 0 Å². The van der Waals surface area contributed by atoms with Crippen LogP contribution in [0.2, 0.25) is 0 Å². The van der Waals surface area contributed by atoms with Gasteiger partial charge in [0.2, 0.25) is 0 Å². The van der Waals surface area contributed by atoms with E-state index in [-0.39, 0.29) is 29.2 Å². The van der Waals surface area contributed by atoms with E-state index in [4.69, 9.17) is 4.74 Å². The molecule has 0 radical (unpaired) electrons. The van der Waals surface area contributed by atoms with Gasteiger partial charge >= 0.3 is 0 Å². The number of carbonyl (C=O) groups is 2. The molecule has 0 atom stereocenters. The number of likely N-dealkylation sites (tertiary alicyclic amines) is 1. The van der Waals surface area contributed by atoms with Crippen LogP contribution in [0.25, 0.3) is 10.9 Å². The van der Waals surface area contributed by atoms with Crippen LogP contribution in [0.3, 0.4) is 0 Å². The summed E-state index contributed by atoms with van der Waals surface area (Å²) in [6.07, 6.45) is 4.49. The summed E-state index contributed by atoms with van der Waals surface area (Å²) in [5.41, 5.74) is 0.253. The first kappa shape index (κ1) is 19.7. The molecule has 31 heavy (non-hydrogen) atoms. The molecule has 0 unspecified atom stereocenters. The Hall–Kier alpha value is -3.23. The number of nitrogens with zero attached hydrogens (tertiary/aromatic N) is 4. The molecule has 8 nitrogen and oxygen atoms in total. The van der Waals surface area contributed by atoms with E-state index < -0.39 is 11.4 Å². The molecule has 1 N–H and O–H groups in total. The predicted molar refractivity (Wildman–Crippen MR) is 111 cm³/mol. The number of amides is 1. The number of ether oxygens (including phenoxy) is 1. The number of fused-ring (bicyclic) bond motifs is 2. The SMILES string of the molecule is CC(C)(C)n1cc2c(n1)C(=O)CC1(CCN(C(=O)c3cc(F)c4cn[nH]c4c3)CC1)O2. The molecule has 3 aromatic rings. The highest BCUT2D eigenvalue weighted by atomic mass is 19.1. The van der Waals surface area contributed by atoms with E-state index in [9.17, 15) is 14.0 Å². The number of Topliss-reactive ketones (excluding diaryl/α,β-unsaturated/α-hetero) is 1. The fourth-order valence-corrected chi connectivity index (χ4v) is 4.33. The summed E-state index contributed by atoms with van der Waals surface area (Å²) in [5, 5.41) is 11.3. The molecule has 1 aromatic carbocycles. The molecule has 0 aliphatic carbocycles. The van der Waals surface area contributed by atoms with Crippen LogP contribution in [-0.4, -0.2) is 55.3 Å². The molecule has 5 rings (SSSR count). The molecule has 2 aromatic heterocycles. The maximum Gasteiger partial charge on any atom is 0.254 e. The van der Waals surface area contributed by atoms with Crippen molar-refractivity contribution in [2.24, 2.45) is 0 Å². The van der Waals surface area contributed by atoms with Crippen LogP contribution in [0.15, 0.2) is 24.5 Å². The standard InChI is InChI=1S/C22H24FN5O3/c1-21(2,3)28-12-18-19(26-28)17(29)10-22(31-18)4-6-27(7-5-22)20(30)13-8-15(23)14-11-24-25-16(14)9-13/h8-9,11-12H,4-7,10H2,1-3H3,(H,24,25). The number of aromatic amines is 1. The fraction of sp³-hybridized carbons (Fsp3) is 0.455. The van der Waals surface area contributed by atoms with E-state index in [2.05, 4.69) is 15.3 Å². The first-order chi connectivity index (χ1) is 14.7. The van der Waals surface area contributed by atoms with Crippen molar-refractivity contribution < 1.29 is 18.7 Å². The number of piperidine rings is 1. The summed E-state index contributed by atoms with van der Waals surface area (Å²) < 4.78 is 22.3. The van der Waals surface area contributed by atoms with Crippen molar-refractivity contribution in [2.45, 2.75) is 51.2 Å². The van der Waals surface area contributed by atoms with E-state index in [1.165, 1.54) is 12.3 Å². The fourth-order valence-electron chi connectivity index (χ4n) is 4.33. The summed E-state index contributed by atoms with van der Waals surface area (Å²) in [7, 11) is 0. The average molecular weight is 425 g/mol. The minimum absolute atomic E-state index is 0.0317. The summed E-state index contributed by atoms with van der Waals surface area (Å²) in [5.74, 6) is -0.241. The van der Waals surface area contributed by atoms with Gasteiger partial charge in [-0.05, 0) is 32.9 Å². The van der Waals surface area contributed by atoms with Gasteiger partial charge in [0.25, 0.3) is 5.91 Å². The zero-order valence-electron chi connectivity index (χ0n) is 17.7. The van der Waals surface area contributed by atoms with Crippen LogP contribution in [0.1, 0.15) is 60.9 Å². The molecule has 2 aliphatic heterocycles. The van der Waals surface area contributed by atoms with E-state index in [0.29, 0.717) is 48.3 Å². The van der Waals surface area contributed by atoms with Crippen LogP contribution < -0.4 is 4.74 Å². The average Bonchev–Trinajstić information content (AvgIpc) is 3.35. The van der Waals surface area contributed by atoms with Gasteiger partial charge in [-0.15, -0.1) is 0 Å². The number of rotatable bonds is 1. The Morgan fingerprint density at radius 3 is 2.71 bits per heavy atom. The number of halogens is 1. The van der Waals surface area contributed by atoms with Gasteiger partial charge in [-0.1, -0.05) is 0 Å². The monoisotopic (exact) mass is 425 g/mol. The van der Waals surface area contributed by atoms with Crippen LogP contribution in [-0.2, 0) is 5.54 Å². The summed E-state index contributed by atoms with van der Waals surface area (Å²) in [6.45, 7) is 6.90. The Bertz CT molecular complexity index is 1200. The van der Waals surface area contributed by atoms with E-state index >= 15 is 0 Å². The predicted octanol–water partition coefficient (Wildman–Crippen LogP) is 3.29. The normalized spacial score (nSPS) is 18.3. The van der Waals surface area contributed by atoms with E-state index in [0.717, 1.165) is 0 Å². The van der Waals surface area contributed by atoms with Gasteiger partial charge in [-0.25, -0.2) is 4.39 Å². The molecule has 162 valence electrons. The third-order valence-electron chi connectivity index (χ3n) is 6.16. The van der Waals surface area contributed by atoms with Crippen molar-refractivity contribution >= 4 is 22.6 Å². The second kappa shape index (κ2) is 6.63. The number of benzene rings is 1. The van der Waals surface area contributed by atoms with Crippen molar-refractivity contribution in [2.75, 3.05) is 13.1 Å². The third-order valence-corrected chi connectivity index (χ3v) is 6.16. The second-order valence-corrected chi connectivity index (χ2v) is 9.42. The molecule has 0 bridgehead atoms. The molecule has 0 saturated carbocycles. The molecule has 1 saturated heterocycles. The highest BCUT2D eigenvalue weighted by Gasteiger charge is 2.45. The molecular weight excluding hydrogens is 401 g/mol. The first-order valence-corrected chi connectivity index (χ1v) is 10.4. The lowest BCUT2D eigenvalue weighted by atomic mass is 9.83. The van der Waals surface area contributed by atoms with Crippen LogP contribution >= 0.6 is 0 Å². The van der Waals surface area contributed by atoms with E-state index in [1.54, 1.807) is 21.8 Å². The maximum absolute atomic E-state index is 14.3. The van der Waals surface area contributed by atoms with Crippen molar-refractivity contribution in [3.8, 4) is 5.75 Å². The zero-order chi connectivity index (χ0) is 22.0. The molecule has 4 heterocycles. The summed E-state index contributed by atoms with van der Waals surface area (Å²) in [4.78, 5) is 27.4. The van der Waals surface area contributed by atoms with Gasteiger partial charge in [-0.3, -0.25) is 19.4 Å². The second-order valence-electron chi connectivity index (χ2n) is 9.42. The maximum atomic E-state index is 14.3. The minimum Gasteiger partial charge on any atom is -0.483 e. The van der Waals surface area contributed by atoms with Crippen molar-refractivity contribution in [3.05, 3.63) is 41.6 Å². The number of hydrogen-bond donors (Lipinski definition) is 1. The Kier molecular flexibility index (Phi) is 4.22. The number of ketones is 1. The van der Waals surface area contributed by atoms with Gasteiger partial charge in [-0.2, -0.15) is 10.2 Å². The number of aromatic nitrogens is 4.